The van der Waals surface area contributed by atoms with Crippen LogP contribution in [0.4, 0.5) is 0 Å². The molecule has 0 aliphatic carbocycles. The third kappa shape index (κ3) is 4.16. The third-order valence-electron chi connectivity index (χ3n) is 4.55. The molecule has 1 atom stereocenters. The van der Waals surface area contributed by atoms with Crippen LogP contribution >= 0.6 is 11.3 Å². The van der Waals surface area contributed by atoms with Crippen molar-refractivity contribution in [3.05, 3.63) is 34.9 Å². The van der Waals surface area contributed by atoms with Crippen molar-refractivity contribution in [2.45, 2.75) is 44.3 Å². The molecular formula is C17H24N4O3S2. The van der Waals surface area contributed by atoms with E-state index in [9.17, 15) is 13.2 Å². The number of piperidine rings is 1. The molecule has 1 aliphatic rings. The molecule has 1 N–H and O–H groups in total. The van der Waals surface area contributed by atoms with Crippen LogP contribution in [0, 0.1) is 5.92 Å². The lowest BCUT2D eigenvalue weighted by Gasteiger charge is -2.30. The molecule has 26 heavy (non-hydrogen) atoms. The van der Waals surface area contributed by atoms with Crippen molar-refractivity contribution < 1.29 is 13.2 Å². The molecule has 0 unspecified atom stereocenters. The predicted molar refractivity (Wildman–Crippen MR) is 100 cm³/mol. The van der Waals surface area contributed by atoms with Crippen molar-refractivity contribution in [1.29, 1.82) is 0 Å². The summed E-state index contributed by atoms with van der Waals surface area (Å²) in [5, 5.41) is 4.93. The Labute approximate surface area is 158 Å². The van der Waals surface area contributed by atoms with Gasteiger partial charge in [0.1, 0.15) is 0 Å². The van der Waals surface area contributed by atoms with Gasteiger partial charge in [-0.25, -0.2) is 13.4 Å². The average molecular weight is 397 g/mol. The summed E-state index contributed by atoms with van der Waals surface area (Å²) in [6, 6.07) is 4.05. The lowest BCUT2D eigenvalue weighted by atomic mass is 9.99. The van der Waals surface area contributed by atoms with E-state index in [0.717, 1.165) is 4.88 Å². The fourth-order valence-corrected chi connectivity index (χ4v) is 5.06. The van der Waals surface area contributed by atoms with Gasteiger partial charge in [0.2, 0.25) is 5.91 Å². The summed E-state index contributed by atoms with van der Waals surface area (Å²) in [6.45, 7) is 5.04. The molecule has 142 valence electrons. The average Bonchev–Trinajstić information content (AvgIpc) is 3.31. The number of carbonyl (C=O) groups is 1. The van der Waals surface area contributed by atoms with E-state index in [1.54, 1.807) is 22.1 Å². The van der Waals surface area contributed by atoms with Gasteiger partial charge < -0.3 is 9.88 Å². The first-order valence-corrected chi connectivity index (χ1v) is 11.0. The summed E-state index contributed by atoms with van der Waals surface area (Å²) >= 11 is 1.59. The lowest BCUT2D eigenvalue weighted by Crippen LogP contribution is -2.45. The zero-order valence-electron chi connectivity index (χ0n) is 15.0. The smallest absolute Gasteiger partial charge is 0.262 e. The monoisotopic (exact) mass is 396 g/mol. The maximum Gasteiger partial charge on any atom is 0.262 e. The molecule has 9 heteroatoms. The van der Waals surface area contributed by atoms with Crippen molar-refractivity contribution >= 4 is 27.3 Å². The number of sulfonamides is 1. The van der Waals surface area contributed by atoms with Crippen molar-refractivity contribution in [3.8, 4) is 0 Å². The van der Waals surface area contributed by atoms with E-state index in [1.165, 1.54) is 10.6 Å². The van der Waals surface area contributed by atoms with E-state index in [2.05, 4.69) is 10.3 Å². The zero-order valence-corrected chi connectivity index (χ0v) is 16.6. The highest BCUT2D eigenvalue weighted by Gasteiger charge is 2.34. The topological polar surface area (TPSA) is 84.3 Å². The van der Waals surface area contributed by atoms with Crippen molar-refractivity contribution in [2.75, 3.05) is 13.1 Å². The minimum absolute atomic E-state index is 0.0471. The molecule has 0 spiro atoms. The molecule has 3 rings (SSSR count). The Morgan fingerprint density at radius 2 is 2.27 bits per heavy atom. The van der Waals surface area contributed by atoms with Crippen LogP contribution in [0.25, 0.3) is 0 Å². The summed E-state index contributed by atoms with van der Waals surface area (Å²) in [5.74, 6) is -0.420. The summed E-state index contributed by atoms with van der Waals surface area (Å²) in [6.07, 6.45) is 4.46. The normalized spacial score (nSPS) is 19.0. The molecule has 0 saturated carbocycles. The van der Waals surface area contributed by atoms with Crippen LogP contribution in [-0.2, 0) is 21.4 Å². The number of hydrogen-bond acceptors (Lipinski definition) is 5. The van der Waals surface area contributed by atoms with E-state index >= 15 is 0 Å². The van der Waals surface area contributed by atoms with Gasteiger partial charge in [0.15, 0.2) is 5.03 Å². The maximum atomic E-state index is 12.9. The highest BCUT2D eigenvalue weighted by Crippen LogP contribution is 2.24. The minimum atomic E-state index is -3.68. The number of nitrogens with zero attached hydrogens (tertiary/aromatic N) is 3. The van der Waals surface area contributed by atoms with E-state index in [-0.39, 0.29) is 29.4 Å². The molecule has 3 heterocycles. The van der Waals surface area contributed by atoms with Crippen LogP contribution in [-0.4, -0.2) is 41.3 Å². The number of amides is 1. The third-order valence-corrected chi connectivity index (χ3v) is 7.18. The number of rotatable bonds is 6. The van der Waals surface area contributed by atoms with E-state index in [4.69, 9.17) is 0 Å². The number of nitrogens with one attached hydrogen (secondary N) is 1. The molecule has 1 fully saturated rings. The summed E-state index contributed by atoms with van der Waals surface area (Å²) in [5.41, 5.74) is 0. The first kappa shape index (κ1) is 19.1. The Kier molecular flexibility index (Phi) is 5.79. The van der Waals surface area contributed by atoms with Gasteiger partial charge >= 0.3 is 0 Å². The number of imidazole rings is 1. The SMILES string of the molecule is CC(C)n1cnc(S(=O)(=O)N2CCC[C@H](C(=O)NCc3cccs3)C2)c1. The second-order valence-electron chi connectivity index (χ2n) is 6.75. The minimum Gasteiger partial charge on any atom is -0.351 e. The summed E-state index contributed by atoms with van der Waals surface area (Å²) < 4.78 is 28.9. The summed E-state index contributed by atoms with van der Waals surface area (Å²) in [7, 11) is -3.68. The van der Waals surface area contributed by atoms with Crippen LogP contribution < -0.4 is 5.32 Å². The van der Waals surface area contributed by atoms with Crippen molar-refractivity contribution in [3.63, 3.8) is 0 Å². The zero-order chi connectivity index (χ0) is 18.7. The first-order chi connectivity index (χ1) is 12.4. The Hall–Kier alpha value is -1.71. The Morgan fingerprint density at radius 1 is 1.46 bits per heavy atom. The number of aromatic nitrogens is 2. The lowest BCUT2D eigenvalue weighted by molar-refractivity contribution is -0.126. The molecule has 0 bridgehead atoms. The van der Waals surface area contributed by atoms with Crippen LogP contribution in [0.2, 0.25) is 0 Å². The van der Waals surface area contributed by atoms with Gasteiger partial charge in [0.25, 0.3) is 10.0 Å². The highest BCUT2D eigenvalue weighted by molar-refractivity contribution is 7.89. The van der Waals surface area contributed by atoms with Gasteiger partial charge in [-0.2, -0.15) is 4.31 Å². The Bertz CT molecular complexity index is 843. The number of carbonyl (C=O) groups excluding carboxylic acids is 1. The van der Waals surface area contributed by atoms with Crippen LogP contribution in [0.1, 0.15) is 37.6 Å². The molecule has 1 amide bonds. The molecule has 1 saturated heterocycles. The van der Waals surface area contributed by atoms with Gasteiger partial charge in [0, 0.05) is 30.2 Å². The van der Waals surface area contributed by atoms with Gasteiger partial charge in [0.05, 0.1) is 18.8 Å². The molecule has 2 aromatic rings. The first-order valence-electron chi connectivity index (χ1n) is 8.71. The standard InChI is InChI=1S/C17H24N4O3S2/c1-13(2)20-11-16(19-12-20)26(23,24)21-7-3-5-14(10-21)17(22)18-9-15-6-4-8-25-15/h4,6,8,11-14H,3,5,7,9-10H2,1-2H3,(H,18,22)/t14-/m0/s1. The fourth-order valence-electron chi connectivity index (χ4n) is 2.97. The molecular weight excluding hydrogens is 372 g/mol. The van der Waals surface area contributed by atoms with E-state index < -0.39 is 10.0 Å². The second kappa shape index (κ2) is 7.89. The van der Waals surface area contributed by atoms with Crippen LogP contribution in [0.15, 0.2) is 35.1 Å². The van der Waals surface area contributed by atoms with Gasteiger partial charge in [-0.05, 0) is 38.1 Å². The van der Waals surface area contributed by atoms with E-state index in [0.29, 0.717) is 25.9 Å². The highest BCUT2D eigenvalue weighted by atomic mass is 32.2. The fraction of sp³-hybridized carbons (Fsp3) is 0.529. The largest absolute Gasteiger partial charge is 0.351 e. The van der Waals surface area contributed by atoms with Gasteiger partial charge in [-0.1, -0.05) is 6.07 Å². The van der Waals surface area contributed by atoms with E-state index in [1.807, 2.05) is 31.4 Å². The Morgan fingerprint density at radius 3 is 2.92 bits per heavy atom. The van der Waals surface area contributed by atoms with Crippen molar-refractivity contribution in [2.24, 2.45) is 5.92 Å². The van der Waals surface area contributed by atoms with Crippen molar-refractivity contribution in [1.82, 2.24) is 19.2 Å². The Balaban J connectivity index is 1.65. The van der Waals surface area contributed by atoms with Crippen LogP contribution in [0.3, 0.4) is 0 Å². The number of thiophene rings is 1. The van der Waals surface area contributed by atoms with Gasteiger partial charge in [-0.3, -0.25) is 4.79 Å². The molecule has 1 aliphatic heterocycles. The maximum absolute atomic E-state index is 12.9. The second-order valence-corrected chi connectivity index (χ2v) is 9.67. The number of hydrogen-bond donors (Lipinski definition) is 1. The molecule has 0 radical (unpaired) electrons. The molecule has 7 nitrogen and oxygen atoms in total. The quantitative estimate of drug-likeness (QED) is 0.812. The van der Waals surface area contributed by atoms with Crippen LogP contribution in [0.5, 0.6) is 0 Å². The molecule has 0 aromatic carbocycles. The molecule has 2 aromatic heterocycles. The predicted octanol–water partition coefficient (Wildman–Crippen LogP) is 2.24. The summed E-state index contributed by atoms with van der Waals surface area (Å²) in [4.78, 5) is 17.6. The van der Waals surface area contributed by atoms with Gasteiger partial charge in [-0.15, -0.1) is 11.3 Å².